The SMILES string of the molecule is CCc1nc2oc(=O)[nH]c2cc1Br. The summed E-state index contributed by atoms with van der Waals surface area (Å²) in [5.74, 6) is -0.470. The molecular weight excluding hydrogens is 236 g/mol. The molecule has 2 aromatic rings. The van der Waals surface area contributed by atoms with Crippen molar-refractivity contribution in [3.05, 3.63) is 26.8 Å². The standard InChI is InChI=1S/C8H7BrN2O2/c1-2-5-4(9)3-6-7(10-5)13-8(12)11-6/h3H,2H2,1H3,(H,11,12). The molecule has 13 heavy (non-hydrogen) atoms. The summed E-state index contributed by atoms with van der Waals surface area (Å²) in [5, 5.41) is 0. The summed E-state index contributed by atoms with van der Waals surface area (Å²) in [4.78, 5) is 17.5. The third kappa shape index (κ3) is 1.39. The first kappa shape index (κ1) is 8.50. The van der Waals surface area contributed by atoms with E-state index in [2.05, 4.69) is 25.9 Å². The minimum atomic E-state index is -0.470. The lowest BCUT2D eigenvalue weighted by Gasteiger charge is -1.97. The number of pyridine rings is 1. The lowest BCUT2D eigenvalue weighted by Crippen LogP contribution is -1.92. The van der Waals surface area contributed by atoms with E-state index in [-0.39, 0.29) is 0 Å². The number of halogens is 1. The molecule has 0 spiro atoms. The zero-order valence-corrected chi connectivity index (χ0v) is 8.51. The van der Waals surface area contributed by atoms with E-state index in [4.69, 9.17) is 4.42 Å². The van der Waals surface area contributed by atoms with Crippen LogP contribution in [-0.4, -0.2) is 9.97 Å². The zero-order chi connectivity index (χ0) is 9.42. The van der Waals surface area contributed by atoms with Crippen LogP contribution in [0.3, 0.4) is 0 Å². The molecule has 5 heteroatoms. The Balaban J connectivity index is 2.80. The number of nitrogens with one attached hydrogen (secondary N) is 1. The molecule has 0 amide bonds. The zero-order valence-electron chi connectivity index (χ0n) is 6.93. The van der Waals surface area contributed by atoms with Gasteiger partial charge in [0.05, 0.1) is 5.69 Å². The van der Waals surface area contributed by atoms with Crippen LogP contribution in [0.4, 0.5) is 0 Å². The van der Waals surface area contributed by atoms with Gasteiger partial charge in [0.2, 0.25) is 5.71 Å². The Morgan fingerprint density at radius 1 is 1.69 bits per heavy atom. The monoisotopic (exact) mass is 242 g/mol. The minimum absolute atomic E-state index is 0.366. The summed E-state index contributed by atoms with van der Waals surface area (Å²) in [5.41, 5.74) is 1.87. The number of aromatic nitrogens is 2. The van der Waals surface area contributed by atoms with Crippen LogP contribution in [0, 0.1) is 0 Å². The second-order valence-electron chi connectivity index (χ2n) is 2.64. The van der Waals surface area contributed by atoms with Crippen LogP contribution in [0.2, 0.25) is 0 Å². The van der Waals surface area contributed by atoms with Crippen molar-refractivity contribution in [1.29, 1.82) is 0 Å². The maximum atomic E-state index is 10.8. The van der Waals surface area contributed by atoms with Crippen LogP contribution in [0.5, 0.6) is 0 Å². The number of rotatable bonds is 1. The van der Waals surface area contributed by atoms with Crippen LogP contribution in [0.25, 0.3) is 11.2 Å². The van der Waals surface area contributed by atoms with E-state index in [0.29, 0.717) is 11.2 Å². The van der Waals surface area contributed by atoms with Crippen LogP contribution < -0.4 is 5.76 Å². The molecule has 0 aromatic carbocycles. The van der Waals surface area contributed by atoms with Crippen molar-refractivity contribution in [2.45, 2.75) is 13.3 Å². The molecule has 0 aliphatic rings. The van der Waals surface area contributed by atoms with Gasteiger partial charge in [0.15, 0.2) is 0 Å². The van der Waals surface area contributed by atoms with E-state index >= 15 is 0 Å². The molecule has 4 nitrogen and oxygen atoms in total. The third-order valence-corrected chi connectivity index (χ3v) is 2.46. The number of hydrogen-bond acceptors (Lipinski definition) is 3. The van der Waals surface area contributed by atoms with Gasteiger partial charge in [0, 0.05) is 4.47 Å². The Labute approximate surface area is 82.1 Å². The van der Waals surface area contributed by atoms with Crippen LogP contribution in [-0.2, 0) is 6.42 Å². The summed E-state index contributed by atoms with van der Waals surface area (Å²) in [7, 11) is 0. The smallest absolute Gasteiger partial charge is 0.389 e. The van der Waals surface area contributed by atoms with Crippen molar-refractivity contribution >= 4 is 27.2 Å². The molecule has 2 heterocycles. The molecule has 0 fully saturated rings. The molecule has 0 saturated heterocycles. The largest absolute Gasteiger partial charge is 0.418 e. The minimum Gasteiger partial charge on any atom is -0.389 e. The first-order valence-corrected chi connectivity index (χ1v) is 4.68. The predicted octanol–water partition coefficient (Wildman–Crippen LogP) is 1.84. The van der Waals surface area contributed by atoms with E-state index in [0.717, 1.165) is 16.6 Å². The molecule has 68 valence electrons. The Morgan fingerprint density at radius 2 is 2.46 bits per heavy atom. The van der Waals surface area contributed by atoms with Crippen LogP contribution in [0.1, 0.15) is 12.6 Å². The van der Waals surface area contributed by atoms with E-state index in [1.807, 2.05) is 6.92 Å². The first-order valence-electron chi connectivity index (χ1n) is 3.89. The number of fused-ring (bicyclic) bond motifs is 1. The molecule has 0 aliphatic heterocycles. The lowest BCUT2D eigenvalue weighted by molar-refractivity contribution is 0.544. The van der Waals surface area contributed by atoms with Crippen LogP contribution >= 0.6 is 15.9 Å². The molecule has 0 radical (unpaired) electrons. The highest BCUT2D eigenvalue weighted by Gasteiger charge is 2.06. The third-order valence-electron chi connectivity index (χ3n) is 1.77. The van der Waals surface area contributed by atoms with Crippen molar-refractivity contribution in [3.8, 4) is 0 Å². The van der Waals surface area contributed by atoms with Gasteiger partial charge in [-0.25, -0.2) is 9.78 Å². The number of hydrogen-bond donors (Lipinski definition) is 1. The van der Waals surface area contributed by atoms with Gasteiger partial charge in [-0.05, 0) is 28.4 Å². The van der Waals surface area contributed by atoms with E-state index in [9.17, 15) is 4.79 Å². The van der Waals surface area contributed by atoms with Crippen LogP contribution in [0.15, 0.2) is 19.8 Å². The molecule has 2 rings (SSSR count). The first-order chi connectivity index (χ1) is 6.20. The molecule has 1 N–H and O–H groups in total. The van der Waals surface area contributed by atoms with Crippen molar-refractivity contribution in [1.82, 2.24) is 9.97 Å². The van der Waals surface area contributed by atoms with Gasteiger partial charge in [-0.1, -0.05) is 6.92 Å². The van der Waals surface area contributed by atoms with Crippen molar-refractivity contribution in [3.63, 3.8) is 0 Å². The summed E-state index contributed by atoms with van der Waals surface area (Å²) >= 11 is 3.36. The van der Waals surface area contributed by atoms with Gasteiger partial charge in [0.25, 0.3) is 0 Å². The Bertz CT molecular complexity index is 500. The topological polar surface area (TPSA) is 58.9 Å². The average Bonchev–Trinajstić information content (AvgIpc) is 2.42. The molecule has 0 saturated carbocycles. The maximum Gasteiger partial charge on any atom is 0.418 e. The highest BCUT2D eigenvalue weighted by molar-refractivity contribution is 9.10. The molecule has 0 unspecified atom stereocenters. The van der Waals surface area contributed by atoms with E-state index < -0.39 is 5.76 Å². The summed E-state index contributed by atoms with van der Waals surface area (Å²) < 4.78 is 5.71. The number of H-pyrrole nitrogens is 1. The molecular formula is C8H7BrN2O2. The highest BCUT2D eigenvalue weighted by Crippen LogP contribution is 2.19. The van der Waals surface area contributed by atoms with Gasteiger partial charge in [-0.3, -0.25) is 4.98 Å². The van der Waals surface area contributed by atoms with Gasteiger partial charge >= 0.3 is 5.76 Å². The number of oxazole rings is 1. The fourth-order valence-electron chi connectivity index (χ4n) is 1.15. The second-order valence-corrected chi connectivity index (χ2v) is 3.49. The Hall–Kier alpha value is -1.10. The van der Waals surface area contributed by atoms with Crippen molar-refractivity contribution in [2.24, 2.45) is 0 Å². The number of nitrogens with zero attached hydrogens (tertiary/aromatic N) is 1. The quantitative estimate of drug-likeness (QED) is 0.831. The van der Waals surface area contributed by atoms with E-state index in [1.54, 1.807) is 6.07 Å². The summed E-state index contributed by atoms with van der Waals surface area (Å²) in [6.07, 6.45) is 0.797. The van der Waals surface area contributed by atoms with Crippen molar-refractivity contribution in [2.75, 3.05) is 0 Å². The Morgan fingerprint density at radius 3 is 3.15 bits per heavy atom. The van der Waals surface area contributed by atoms with Crippen molar-refractivity contribution < 1.29 is 4.42 Å². The van der Waals surface area contributed by atoms with Gasteiger partial charge in [-0.2, -0.15) is 0 Å². The summed E-state index contributed by atoms with van der Waals surface area (Å²) in [6, 6.07) is 1.80. The fraction of sp³-hybridized carbons (Fsp3) is 0.250. The van der Waals surface area contributed by atoms with Gasteiger partial charge in [-0.15, -0.1) is 0 Å². The van der Waals surface area contributed by atoms with Gasteiger partial charge in [0.1, 0.15) is 5.52 Å². The fourth-order valence-corrected chi connectivity index (χ4v) is 1.74. The normalized spacial score (nSPS) is 10.9. The summed E-state index contributed by atoms with van der Waals surface area (Å²) in [6.45, 7) is 1.99. The number of aryl methyl sites for hydroxylation is 1. The predicted molar refractivity (Wildman–Crippen MR) is 51.7 cm³/mol. The van der Waals surface area contributed by atoms with Gasteiger partial charge < -0.3 is 4.42 Å². The maximum absolute atomic E-state index is 10.8. The molecule has 2 aromatic heterocycles. The average molecular weight is 243 g/mol. The lowest BCUT2D eigenvalue weighted by atomic mass is 10.3. The van der Waals surface area contributed by atoms with E-state index in [1.165, 1.54) is 0 Å². The highest BCUT2D eigenvalue weighted by atomic mass is 79.9. The second kappa shape index (κ2) is 2.99. The Kier molecular flexibility index (Phi) is 1.95. The molecule has 0 atom stereocenters. The molecule has 0 bridgehead atoms. The molecule has 0 aliphatic carbocycles. The number of aromatic amines is 1.